The van der Waals surface area contributed by atoms with Crippen molar-refractivity contribution >= 4 is 39.1 Å². The largest absolute Gasteiger partial charge is 0.480 e. The van der Waals surface area contributed by atoms with Crippen molar-refractivity contribution in [2.45, 2.75) is 19.3 Å². The van der Waals surface area contributed by atoms with Crippen LogP contribution in [-0.4, -0.2) is 36.7 Å². The number of carbonyl (C=O) groups is 2. The number of carboxylic acid groups (broad SMARTS) is 1. The van der Waals surface area contributed by atoms with Gasteiger partial charge in [-0.15, -0.1) is 11.3 Å². The SMILES string of the molecule is O=C(O)COCCNC(=O)CCCc1ccc(Br)s1. The molecule has 0 aliphatic heterocycles. The lowest BCUT2D eigenvalue weighted by atomic mass is 10.2. The molecule has 1 heterocycles. The lowest BCUT2D eigenvalue weighted by Gasteiger charge is -2.04. The quantitative estimate of drug-likeness (QED) is 0.669. The summed E-state index contributed by atoms with van der Waals surface area (Å²) in [6.45, 7) is 0.232. The first-order chi connectivity index (χ1) is 9.08. The van der Waals surface area contributed by atoms with Crippen LogP contribution < -0.4 is 5.32 Å². The lowest BCUT2D eigenvalue weighted by Crippen LogP contribution is -2.27. The minimum absolute atomic E-state index is 0.0328. The number of nitrogens with one attached hydrogen (secondary N) is 1. The maximum absolute atomic E-state index is 11.4. The van der Waals surface area contributed by atoms with Crippen molar-refractivity contribution < 1.29 is 19.4 Å². The third-order valence-corrected chi connectivity index (χ3v) is 3.93. The summed E-state index contributed by atoms with van der Waals surface area (Å²) in [7, 11) is 0. The Kier molecular flexibility index (Phi) is 7.69. The molecule has 0 aliphatic carbocycles. The van der Waals surface area contributed by atoms with Crippen LogP contribution in [0.1, 0.15) is 17.7 Å². The monoisotopic (exact) mass is 349 g/mol. The fourth-order valence-corrected chi connectivity index (χ4v) is 2.94. The third-order valence-electron chi connectivity index (χ3n) is 2.25. The van der Waals surface area contributed by atoms with Crippen molar-refractivity contribution in [2.75, 3.05) is 19.8 Å². The van der Waals surface area contributed by atoms with E-state index in [0.29, 0.717) is 13.0 Å². The minimum atomic E-state index is -1.01. The van der Waals surface area contributed by atoms with E-state index in [4.69, 9.17) is 9.84 Å². The fourth-order valence-electron chi connectivity index (χ4n) is 1.42. The second-order valence-corrected chi connectivity index (χ2v) is 6.40. The Labute approximate surface area is 124 Å². The molecule has 5 nitrogen and oxygen atoms in total. The number of thiophene rings is 1. The molecular weight excluding hydrogens is 334 g/mol. The van der Waals surface area contributed by atoms with Gasteiger partial charge in [0.1, 0.15) is 6.61 Å². The Hall–Kier alpha value is -0.920. The van der Waals surface area contributed by atoms with Crippen molar-refractivity contribution in [1.29, 1.82) is 0 Å². The van der Waals surface area contributed by atoms with E-state index < -0.39 is 5.97 Å². The van der Waals surface area contributed by atoms with Crippen LogP contribution in [0.5, 0.6) is 0 Å². The average molecular weight is 350 g/mol. The van der Waals surface area contributed by atoms with Crippen LogP contribution >= 0.6 is 27.3 Å². The fraction of sp³-hybridized carbons (Fsp3) is 0.500. The Morgan fingerprint density at radius 1 is 1.42 bits per heavy atom. The zero-order valence-electron chi connectivity index (χ0n) is 10.4. The highest BCUT2D eigenvalue weighted by Gasteiger charge is 2.03. The van der Waals surface area contributed by atoms with Crippen LogP contribution in [0.4, 0.5) is 0 Å². The highest BCUT2D eigenvalue weighted by atomic mass is 79.9. The lowest BCUT2D eigenvalue weighted by molar-refractivity contribution is -0.142. The summed E-state index contributed by atoms with van der Waals surface area (Å²) in [6, 6.07) is 4.05. The smallest absolute Gasteiger partial charge is 0.329 e. The van der Waals surface area contributed by atoms with Gasteiger partial charge in [-0.3, -0.25) is 4.79 Å². The molecule has 0 bridgehead atoms. The van der Waals surface area contributed by atoms with Gasteiger partial charge in [0.15, 0.2) is 0 Å². The number of ether oxygens (including phenoxy) is 1. The molecule has 0 aromatic carbocycles. The van der Waals surface area contributed by atoms with Gasteiger partial charge in [-0.05, 0) is 40.9 Å². The molecule has 1 aromatic rings. The van der Waals surface area contributed by atoms with E-state index in [1.165, 1.54) is 4.88 Å². The molecule has 0 atom stereocenters. The zero-order chi connectivity index (χ0) is 14.1. The normalized spacial score (nSPS) is 10.4. The summed E-state index contributed by atoms with van der Waals surface area (Å²) in [6.07, 6.45) is 2.16. The summed E-state index contributed by atoms with van der Waals surface area (Å²) >= 11 is 5.07. The van der Waals surface area contributed by atoms with E-state index in [0.717, 1.165) is 16.6 Å². The molecule has 0 fully saturated rings. The molecule has 1 rings (SSSR count). The maximum atomic E-state index is 11.4. The average Bonchev–Trinajstić information content (AvgIpc) is 2.74. The first-order valence-corrected chi connectivity index (χ1v) is 7.49. The van der Waals surface area contributed by atoms with E-state index in [1.807, 2.05) is 12.1 Å². The molecule has 0 aliphatic rings. The summed E-state index contributed by atoms with van der Waals surface area (Å²) < 4.78 is 5.90. The van der Waals surface area contributed by atoms with E-state index in [1.54, 1.807) is 11.3 Å². The van der Waals surface area contributed by atoms with Gasteiger partial charge >= 0.3 is 5.97 Å². The molecule has 0 radical (unpaired) electrons. The second kappa shape index (κ2) is 9.06. The van der Waals surface area contributed by atoms with Gasteiger partial charge in [0.05, 0.1) is 10.4 Å². The van der Waals surface area contributed by atoms with Crippen LogP contribution in [0.3, 0.4) is 0 Å². The van der Waals surface area contributed by atoms with Crippen LogP contribution in [0.2, 0.25) is 0 Å². The summed E-state index contributed by atoms with van der Waals surface area (Å²) in [5.41, 5.74) is 0. The molecule has 1 aromatic heterocycles. The van der Waals surface area contributed by atoms with Crippen LogP contribution in [0.15, 0.2) is 15.9 Å². The molecule has 0 unspecified atom stereocenters. The van der Waals surface area contributed by atoms with E-state index in [2.05, 4.69) is 21.2 Å². The molecule has 0 spiro atoms. The number of halogens is 1. The predicted molar refractivity (Wildman–Crippen MR) is 76.4 cm³/mol. The van der Waals surface area contributed by atoms with Crippen molar-refractivity contribution in [2.24, 2.45) is 0 Å². The first-order valence-electron chi connectivity index (χ1n) is 5.88. The Morgan fingerprint density at radius 2 is 2.21 bits per heavy atom. The Bertz CT molecular complexity index is 422. The highest BCUT2D eigenvalue weighted by Crippen LogP contribution is 2.23. The van der Waals surface area contributed by atoms with Gasteiger partial charge in [0, 0.05) is 17.8 Å². The summed E-state index contributed by atoms with van der Waals surface area (Å²) in [5, 5.41) is 11.0. The van der Waals surface area contributed by atoms with Crippen molar-refractivity contribution in [3.05, 3.63) is 20.8 Å². The zero-order valence-corrected chi connectivity index (χ0v) is 12.8. The van der Waals surface area contributed by atoms with Crippen LogP contribution in [0.25, 0.3) is 0 Å². The Morgan fingerprint density at radius 3 is 2.84 bits per heavy atom. The first kappa shape index (κ1) is 16.1. The number of rotatable bonds is 9. The van der Waals surface area contributed by atoms with Crippen LogP contribution in [-0.2, 0) is 20.7 Å². The number of amides is 1. The number of hydrogen-bond donors (Lipinski definition) is 2. The summed E-state index contributed by atoms with van der Waals surface area (Å²) in [5.74, 6) is -1.04. The molecule has 7 heteroatoms. The standard InChI is InChI=1S/C12H16BrNO4S/c13-10-5-4-9(19-10)2-1-3-11(15)14-6-7-18-8-12(16)17/h4-5H,1-3,6-8H2,(H,14,15)(H,16,17). The summed E-state index contributed by atoms with van der Waals surface area (Å²) in [4.78, 5) is 22.9. The number of aliphatic carboxylic acids is 1. The number of carbonyl (C=O) groups excluding carboxylic acids is 1. The van der Waals surface area contributed by atoms with Gasteiger partial charge in [-0.25, -0.2) is 4.79 Å². The van der Waals surface area contributed by atoms with Crippen molar-refractivity contribution in [1.82, 2.24) is 5.32 Å². The Balaban J connectivity index is 2.00. The molecule has 2 N–H and O–H groups in total. The molecule has 1 amide bonds. The van der Waals surface area contributed by atoms with Crippen molar-refractivity contribution in [3.8, 4) is 0 Å². The van der Waals surface area contributed by atoms with Gasteiger partial charge in [0.25, 0.3) is 0 Å². The number of aryl methyl sites for hydroxylation is 1. The van der Waals surface area contributed by atoms with E-state index >= 15 is 0 Å². The maximum Gasteiger partial charge on any atom is 0.329 e. The predicted octanol–water partition coefficient (Wildman–Crippen LogP) is 2.05. The molecule has 19 heavy (non-hydrogen) atoms. The molecule has 106 valence electrons. The van der Waals surface area contributed by atoms with E-state index in [9.17, 15) is 9.59 Å². The van der Waals surface area contributed by atoms with Gasteiger partial charge in [0.2, 0.25) is 5.91 Å². The van der Waals surface area contributed by atoms with Crippen LogP contribution in [0, 0.1) is 0 Å². The second-order valence-electron chi connectivity index (χ2n) is 3.86. The third kappa shape index (κ3) is 7.97. The van der Waals surface area contributed by atoms with Gasteiger partial charge in [-0.1, -0.05) is 0 Å². The molecular formula is C12H16BrNO4S. The molecule has 0 saturated carbocycles. The highest BCUT2D eigenvalue weighted by molar-refractivity contribution is 9.11. The minimum Gasteiger partial charge on any atom is -0.480 e. The topological polar surface area (TPSA) is 75.6 Å². The van der Waals surface area contributed by atoms with Gasteiger partial charge < -0.3 is 15.2 Å². The number of hydrogen-bond acceptors (Lipinski definition) is 4. The van der Waals surface area contributed by atoms with E-state index in [-0.39, 0.29) is 19.1 Å². The number of carboxylic acids is 1. The molecule has 0 saturated heterocycles. The van der Waals surface area contributed by atoms with Crippen molar-refractivity contribution in [3.63, 3.8) is 0 Å². The van der Waals surface area contributed by atoms with Gasteiger partial charge in [-0.2, -0.15) is 0 Å².